The second-order valence-electron chi connectivity index (χ2n) is 6.34. The fourth-order valence-electron chi connectivity index (χ4n) is 1.87. The highest BCUT2D eigenvalue weighted by molar-refractivity contribution is 7.85. The van der Waals surface area contributed by atoms with Gasteiger partial charge in [0.1, 0.15) is 23.3 Å². The van der Waals surface area contributed by atoms with Crippen LogP contribution in [0.2, 0.25) is 0 Å². The lowest BCUT2D eigenvalue weighted by molar-refractivity contribution is 0.306. The summed E-state index contributed by atoms with van der Waals surface area (Å²) < 4.78 is 21.9. The first-order chi connectivity index (χ1) is 10.9. The number of hydrogen-bond acceptors (Lipinski definition) is 2. The Morgan fingerprint density at radius 3 is 2.43 bits per heavy atom. The zero-order valence-corrected chi connectivity index (χ0v) is 14.9. The summed E-state index contributed by atoms with van der Waals surface area (Å²) >= 11 is 0. The molecule has 2 aromatic carbocycles. The van der Waals surface area contributed by atoms with Crippen LogP contribution in [0.5, 0.6) is 5.75 Å². The van der Waals surface area contributed by atoms with Gasteiger partial charge in [-0.3, -0.25) is 0 Å². The first kappa shape index (κ1) is 17.4. The molecule has 0 aliphatic carbocycles. The third kappa shape index (κ3) is 5.32. The fraction of sp³-hybridized carbons (Fsp3) is 0.316. The Hall–Kier alpha value is -1.94. The van der Waals surface area contributed by atoms with Crippen LogP contribution in [0.25, 0.3) is 0 Å². The van der Waals surface area contributed by atoms with E-state index in [0.29, 0.717) is 6.61 Å². The fourth-order valence-corrected chi connectivity index (χ4v) is 2.49. The van der Waals surface area contributed by atoms with Gasteiger partial charge in [-0.05, 0) is 45.4 Å². The summed E-state index contributed by atoms with van der Waals surface area (Å²) in [4.78, 5) is 0. The number of hydrogen-bond donors (Lipinski definition) is 0. The number of rotatable bonds is 5. The van der Waals surface area contributed by atoms with E-state index in [2.05, 4.69) is 4.40 Å². The van der Waals surface area contributed by atoms with Gasteiger partial charge in [0.15, 0.2) is 0 Å². The number of nitrogens with zero attached hydrogens (tertiary/aromatic N) is 1. The molecule has 122 valence electrons. The summed E-state index contributed by atoms with van der Waals surface area (Å²) in [6, 6.07) is 17.8. The van der Waals surface area contributed by atoms with E-state index in [1.165, 1.54) is 0 Å². The van der Waals surface area contributed by atoms with Gasteiger partial charge in [-0.1, -0.05) is 42.5 Å². The first-order valence-corrected chi connectivity index (χ1v) is 8.71. The lowest BCUT2D eigenvalue weighted by atomic mass is 10.1. The van der Waals surface area contributed by atoms with E-state index in [0.717, 1.165) is 22.6 Å². The van der Waals surface area contributed by atoms with Crippen LogP contribution in [0, 0.1) is 0 Å². The third-order valence-electron chi connectivity index (χ3n) is 3.24. The van der Waals surface area contributed by atoms with Gasteiger partial charge in [0.2, 0.25) is 0 Å². The predicted octanol–water partition coefficient (Wildman–Crippen LogP) is 4.54. The minimum absolute atomic E-state index is 0.358. The zero-order valence-electron chi connectivity index (χ0n) is 14.1. The molecule has 0 N–H and O–H groups in total. The van der Waals surface area contributed by atoms with E-state index in [4.69, 9.17) is 4.74 Å². The molecule has 2 aromatic rings. The van der Waals surface area contributed by atoms with E-state index in [1.807, 2.05) is 82.3 Å². The van der Waals surface area contributed by atoms with Crippen LogP contribution in [0.3, 0.4) is 0 Å². The molecule has 0 aliphatic heterocycles. The Bertz CT molecular complexity index is 703. The average Bonchev–Trinajstić information content (AvgIpc) is 2.53. The summed E-state index contributed by atoms with van der Waals surface area (Å²) in [5, 5.41) is 0. The molecule has 0 fully saturated rings. The minimum Gasteiger partial charge on any atom is -0.489 e. The van der Waals surface area contributed by atoms with Crippen molar-refractivity contribution in [1.82, 2.24) is 0 Å². The second kappa shape index (κ2) is 7.55. The van der Waals surface area contributed by atoms with Crippen LogP contribution in [0.4, 0.5) is 0 Å². The Balaban J connectivity index is 2.10. The van der Waals surface area contributed by atoms with Crippen molar-refractivity contribution < 1.29 is 8.95 Å². The summed E-state index contributed by atoms with van der Waals surface area (Å²) in [5.41, 5.74) is 2.80. The Morgan fingerprint density at radius 2 is 1.78 bits per heavy atom. The summed E-state index contributed by atoms with van der Waals surface area (Å²) in [6.45, 7) is 8.15. The normalized spacial score (nSPS) is 13.7. The van der Waals surface area contributed by atoms with Crippen molar-refractivity contribution in [2.75, 3.05) is 0 Å². The van der Waals surface area contributed by atoms with E-state index in [-0.39, 0.29) is 4.75 Å². The van der Waals surface area contributed by atoms with Crippen LogP contribution in [-0.4, -0.2) is 14.7 Å². The van der Waals surface area contributed by atoms with Crippen molar-refractivity contribution in [2.45, 2.75) is 39.0 Å². The van der Waals surface area contributed by atoms with Crippen molar-refractivity contribution >= 4 is 16.7 Å². The SMILES string of the molecule is CC(=N[S@@](=O)C(C)(C)C)c1cccc(OCc2ccccc2)c1. The molecule has 0 radical (unpaired) electrons. The van der Waals surface area contributed by atoms with Gasteiger partial charge >= 0.3 is 0 Å². The molecule has 4 heteroatoms. The summed E-state index contributed by atoms with van der Waals surface area (Å²) in [6.07, 6.45) is 0. The molecule has 3 nitrogen and oxygen atoms in total. The largest absolute Gasteiger partial charge is 0.489 e. The highest BCUT2D eigenvalue weighted by atomic mass is 32.2. The Morgan fingerprint density at radius 1 is 1.09 bits per heavy atom. The molecule has 0 spiro atoms. The molecule has 23 heavy (non-hydrogen) atoms. The first-order valence-electron chi connectivity index (χ1n) is 7.61. The number of benzene rings is 2. The summed E-state index contributed by atoms with van der Waals surface area (Å²) in [7, 11) is -1.26. The van der Waals surface area contributed by atoms with Crippen LogP contribution in [0.15, 0.2) is 59.0 Å². The Labute approximate surface area is 141 Å². The zero-order chi connectivity index (χ0) is 16.9. The van der Waals surface area contributed by atoms with Gasteiger partial charge in [0, 0.05) is 5.56 Å². The monoisotopic (exact) mass is 329 g/mol. The maximum Gasteiger partial charge on any atom is 0.145 e. The molecule has 0 aliphatic rings. The molecule has 0 amide bonds. The third-order valence-corrected chi connectivity index (χ3v) is 4.73. The number of ether oxygens (including phenoxy) is 1. The van der Waals surface area contributed by atoms with Crippen molar-refractivity contribution in [2.24, 2.45) is 4.40 Å². The lowest BCUT2D eigenvalue weighted by Gasteiger charge is -2.14. The molecule has 0 unspecified atom stereocenters. The molecule has 0 saturated heterocycles. The van der Waals surface area contributed by atoms with E-state index >= 15 is 0 Å². The molecule has 0 aromatic heterocycles. The topological polar surface area (TPSA) is 38.7 Å². The van der Waals surface area contributed by atoms with E-state index < -0.39 is 11.0 Å². The van der Waals surface area contributed by atoms with Crippen LogP contribution in [-0.2, 0) is 17.6 Å². The smallest absolute Gasteiger partial charge is 0.145 e. The molecule has 0 heterocycles. The molecule has 0 saturated carbocycles. The Kier molecular flexibility index (Phi) is 5.72. The second-order valence-corrected chi connectivity index (χ2v) is 8.25. The van der Waals surface area contributed by atoms with Gasteiger partial charge in [0.25, 0.3) is 0 Å². The highest BCUT2D eigenvalue weighted by Gasteiger charge is 2.19. The quantitative estimate of drug-likeness (QED) is 0.756. The van der Waals surface area contributed by atoms with Gasteiger partial charge in [-0.2, -0.15) is 4.40 Å². The van der Waals surface area contributed by atoms with Gasteiger partial charge < -0.3 is 4.74 Å². The predicted molar refractivity (Wildman–Crippen MR) is 97.3 cm³/mol. The summed E-state index contributed by atoms with van der Waals surface area (Å²) in [5.74, 6) is 0.780. The van der Waals surface area contributed by atoms with Crippen LogP contribution >= 0.6 is 0 Å². The molecular formula is C19H23NO2S. The molecule has 2 rings (SSSR count). The molecular weight excluding hydrogens is 306 g/mol. The van der Waals surface area contributed by atoms with Crippen molar-refractivity contribution in [3.63, 3.8) is 0 Å². The lowest BCUT2D eigenvalue weighted by Crippen LogP contribution is -2.20. The maximum absolute atomic E-state index is 12.1. The maximum atomic E-state index is 12.1. The van der Waals surface area contributed by atoms with Crippen molar-refractivity contribution in [3.8, 4) is 5.75 Å². The highest BCUT2D eigenvalue weighted by Crippen LogP contribution is 2.18. The van der Waals surface area contributed by atoms with Crippen LogP contribution in [0.1, 0.15) is 38.8 Å². The van der Waals surface area contributed by atoms with Gasteiger partial charge in [0.05, 0.1) is 10.5 Å². The molecule has 1 atom stereocenters. The van der Waals surface area contributed by atoms with Crippen molar-refractivity contribution in [3.05, 3.63) is 65.7 Å². The van der Waals surface area contributed by atoms with Gasteiger partial charge in [-0.15, -0.1) is 0 Å². The van der Waals surface area contributed by atoms with Gasteiger partial charge in [-0.25, -0.2) is 4.21 Å². The van der Waals surface area contributed by atoms with Crippen LogP contribution < -0.4 is 4.74 Å². The average molecular weight is 329 g/mol. The molecule has 0 bridgehead atoms. The van der Waals surface area contributed by atoms with E-state index in [1.54, 1.807) is 0 Å². The standard InChI is InChI=1S/C19H23NO2S/c1-15(20-23(21)19(2,3)4)17-11-8-12-18(13-17)22-14-16-9-6-5-7-10-16/h5-13H,14H2,1-4H3/t23-/m0/s1. The minimum atomic E-state index is -1.26. The van der Waals surface area contributed by atoms with E-state index in [9.17, 15) is 4.21 Å². The van der Waals surface area contributed by atoms with Crippen molar-refractivity contribution in [1.29, 1.82) is 0 Å².